The summed E-state index contributed by atoms with van der Waals surface area (Å²) in [4.78, 5) is 70.5. The van der Waals surface area contributed by atoms with Gasteiger partial charge in [0.05, 0.1) is 17.6 Å². The SMILES string of the molecule is CC(C)C(=O)NC(C)C(C)C.CC(C)CC(=O)CC(C)C.CC(C)CC(=O)N(C)C(C)C.CC(C)CCC(=O)CC(C)C.CC(C)CCCC(C)C.CC(C)CCCCC(C)C.CC(C)CCOC(C)C.CC(C)CN(C)C(=O)C(C)C.CC(C)CNC(=O)C(C)C.CC(C)COCC(C)C.CC(C)CS(=O)(=O)CC(C)C. The van der Waals surface area contributed by atoms with Crippen molar-refractivity contribution in [1.82, 2.24) is 20.4 Å². The van der Waals surface area contributed by atoms with Crippen LogP contribution >= 0.6 is 0 Å². The first kappa shape index (κ1) is 132. The molecule has 2 N–H and O–H groups in total. The summed E-state index contributed by atoms with van der Waals surface area (Å²) in [5, 5.41) is 5.78. The standard InChI is InChI=1S/C10H20O.C10H22.3C9H19NO.C9H18O.C9H20.C8H17NO.C8H18O2S.2C8H18O/c1-8(2)5-6-10(11)7-9(3)4;1-9(2)7-5-6-8-10(3)4;1-7(2)6-10(5)9(11)8(3)4;1-7(2)6-9(11)10(5)8(3)4;1-6(2)8(5)10-9(11)7(3)4;1-7(2)5-9(10)6-8(3)4;1-8(2)6-5-7-9(3)4;1-6(2)5-9-8(10)7(3)4;1-7(2)5-11(9,10)6-8(3)4;1-7(2)5-9-6-8(3)4;1-7(2)5-6-9-8(3)4/h8-9H,5-7H2,1-4H3;9-10H,5-8H2,1-4H3;2*7-8H,6H2,1-5H3;6-8H,1-5H3,(H,10,11);7-8H,5-6H2,1-4H3;8-9H,5-7H2,1-4H3;6-7H,5H2,1-4H3,(H,9,10);7-8H,5-6H2,1-4H3;2*7-8H,5-6H2,1-4H3. The number of hydrogen-bond acceptors (Lipinski definition) is 10. The molecule has 0 aliphatic carbocycles. The molecule has 0 aliphatic heterocycles. The Bertz CT molecular complexity index is 2070. The average molecular weight is 1620 g/mol. The van der Waals surface area contributed by atoms with E-state index in [4.69, 9.17) is 9.47 Å². The zero-order chi connectivity index (χ0) is 91.1. The van der Waals surface area contributed by atoms with E-state index in [0.29, 0.717) is 101 Å². The zero-order valence-electron chi connectivity index (χ0n) is 84.5. The van der Waals surface area contributed by atoms with Crippen molar-refractivity contribution < 1.29 is 46.7 Å². The van der Waals surface area contributed by atoms with Gasteiger partial charge in [-0.25, -0.2) is 8.42 Å². The molecule has 0 saturated heterocycles. The van der Waals surface area contributed by atoms with E-state index in [-0.39, 0.29) is 59.3 Å². The van der Waals surface area contributed by atoms with Crippen LogP contribution in [-0.4, -0.2) is 130 Å². The average Bonchev–Trinajstić information content (AvgIpc) is 0.901. The minimum Gasteiger partial charge on any atom is -0.381 e. The van der Waals surface area contributed by atoms with Crippen LogP contribution in [0.25, 0.3) is 0 Å². The van der Waals surface area contributed by atoms with Crippen LogP contribution in [0.15, 0.2) is 0 Å². The van der Waals surface area contributed by atoms with Crippen LogP contribution in [0.5, 0.6) is 0 Å². The number of rotatable bonds is 42. The van der Waals surface area contributed by atoms with Crippen LogP contribution in [0.3, 0.4) is 0 Å². The van der Waals surface area contributed by atoms with Crippen molar-refractivity contribution in [2.75, 3.05) is 58.5 Å². The Kier molecular flexibility index (Phi) is 100.0. The maximum absolute atomic E-state index is 11.3. The molecule has 0 aromatic rings. The molecule has 0 spiro atoms. The van der Waals surface area contributed by atoms with Crippen molar-refractivity contribution in [1.29, 1.82) is 0 Å². The number of amides is 4. The summed E-state index contributed by atoms with van der Waals surface area (Å²) in [5.74, 6) is 13.1. The van der Waals surface area contributed by atoms with Gasteiger partial charge in [-0.1, -0.05) is 322 Å². The van der Waals surface area contributed by atoms with E-state index in [1.54, 1.807) is 9.80 Å². The molecule has 15 heteroatoms. The maximum atomic E-state index is 11.3. The molecule has 4 amide bonds. The Morgan fingerprint density at radius 1 is 0.348 bits per heavy atom. The van der Waals surface area contributed by atoms with Gasteiger partial charge in [-0.3, -0.25) is 28.8 Å². The second-order valence-electron chi connectivity index (χ2n) is 40.3. The van der Waals surface area contributed by atoms with Gasteiger partial charge in [-0.2, -0.15) is 0 Å². The molecule has 112 heavy (non-hydrogen) atoms. The molecule has 682 valence electrons. The van der Waals surface area contributed by atoms with Crippen LogP contribution in [0.4, 0.5) is 0 Å². The fraction of sp³-hybridized carbons (Fsp3) is 0.938. The van der Waals surface area contributed by atoms with E-state index in [2.05, 4.69) is 232 Å². The Morgan fingerprint density at radius 3 is 0.946 bits per heavy atom. The molecule has 0 aromatic carbocycles. The topological polar surface area (TPSA) is 186 Å². The second kappa shape index (κ2) is 84.5. The Balaban J connectivity index is -0.000000111. The highest BCUT2D eigenvalue weighted by Gasteiger charge is 2.17. The Morgan fingerprint density at radius 2 is 0.688 bits per heavy atom. The normalized spacial score (nSPS) is 11.5. The minimum atomic E-state index is -2.78. The van der Waals surface area contributed by atoms with Gasteiger partial charge in [0.25, 0.3) is 0 Å². The quantitative estimate of drug-likeness (QED) is 0.0557. The van der Waals surface area contributed by atoms with Crippen LogP contribution in [0.2, 0.25) is 0 Å². The summed E-state index contributed by atoms with van der Waals surface area (Å²) in [6, 6.07) is 0.603. The number of ether oxygens (including phenoxy) is 2. The van der Waals surface area contributed by atoms with Crippen molar-refractivity contribution >= 4 is 45.0 Å². The molecule has 0 saturated carbocycles. The number of sulfone groups is 1. The Labute approximate surface area is 704 Å². The number of Topliss-reactive ketones (excluding diaryl/α,β-unsaturated/α-hetero) is 2. The molecule has 0 bridgehead atoms. The van der Waals surface area contributed by atoms with Gasteiger partial charge in [0, 0.05) is 109 Å². The van der Waals surface area contributed by atoms with Crippen molar-refractivity contribution in [2.24, 2.45) is 118 Å². The maximum Gasteiger partial charge on any atom is 0.224 e. The van der Waals surface area contributed by atoms with Crippen molar-refractivity contribution in [3.8, 4) is 0 Å². The lowest BCUT2D eigenvalue weighted by atomic mass is 10.00. The third kappa shape index (κ3) is 136. The molecule has 0 radical (unpaired) electrons. The fourth-order valence-electron chi connectivity index (χ4n) is 9.13. The first-order valence-electron chi connectivity index (χ1n) is 45.3. The van der Waals surface area contributed by atoms with Gasteiger partial charge in [0.1, 0.15) is 11.6 Å². The molecule has 0 aliphatic rings. The molecular formula is C97H208N4O10S. The predicted molar refractivity (Wildman–Crippen MR) is 498 cm³/mol. The number of carbonyl (C=O) groups is 6. The first-order valence-corrected chi connectivity index (χ1v) is 47.1. The third-order valence-corrected chi connectivity index (χ3v) is 18.2. The second-order valence-corrected chi connectivity index (χ2v) is 42.5. The van der Waals surface area contributed by atoms with Crippen molar-refractivity contribution in [2.45, 2.75) is 420 Å². The van der Waals surface area contributed by atoms with E-state index >= 15 is 0 Å². The monoisotopic (exact) mass is 1620 g/mol. The van der Waals surface area contributed by atoms with Gasteiger partial charge < -0.3 is 29.9 Å². The number of carbonyl (C=O) groups excluding carboxylic acids is 6. The van der Waals surface area contributed by atoms with E-state index in [1.165, 1.54) is 51.4 Å². The van der Waals surface area contributed by atoms with Crippen LogP contribution in [0, 0.1) is 118 Å². The smallest absolute Gasteiger partial charge is 0.224 e. The summed E-state index contributed by atoms with van der Waals surface area (Å²) in [6.07, 6.45) is 16.2. The van der Waals surface area contributed by atoms with Gasteiger partial charge in [0.2, 0.25) is 23.6 Å². The molecule has 0 rings (SSSR count). The summed E-state index contributed by atoms with van der Waals surface area (Å²) in [7, 11) is 0.940. The lowest BCUT2D eigenvalue weighted by Crippen LogP contribution is -2.38. The van der Waals surface area contributed by atoms with E-state index in [1.807, 2.05) is 104 Å². The van der Waals surface area contributed by atoms with Gasteiger partial charge in [-0.05, 0) is 148 Å². The summed E-state index contributed by atoms with van der Waals surface area (Å²) < 4.78 is 33.2. The number of ketones is 2. The molecular weight excluding hydrogens is 1410 g/mol. The lowest BCUT2D eigenvalue weighted by molar-refractivity contribution is -0.133. The largest absolute Gasteiger partial charge is 0.381 e. The highest BCUT2D eigenvalue weighted by molar-refractivity contribution is 7.91. The highest BCUT2D eigenvalue weighted by Crippen LogP contribution is 2.15. The summed E-state index contributed by atoms with van der Waals surface area (Å²) in [5.41, 5.74) is 0. The molecule has 0 fully saturated rings. The van der Waals surface area contributed by atoms with E-state index in [0.717, 1.165) is 94.6 Å². The summed E-state index contributed by atoms with van der Waals surface area (Å²) >= 11 is 0. The van der Waals surface area contributed by atoms with E-state index < -0.39 is 9.84 Å². The number of nitrogens with one attached hydrogen (secondary N) is 2. The van der Waals surface area contributed by atoms with Crippen molar-refractivity contribution in [3.63, 3.8) is 0 Å². The number of nitrogens with zero attached hydrogens (tertiary/aromatic N) is 2. The third-order valence-electron chi connectivity index (χ3n) is 15.9. The number of unbranched alkanes of at least 4 members (excludes halogenated alkanes) is 1. The van der Waals surface area contributed by atoms with Gasteiger partial charge >= 0.3 is 0 Å². The minimum absolute atomic E-state index is 0.0937. The first-order chi connectivity index (χ1) is 50.8. The van der Waals surface area contributed by atoms with Crippen LogP contribution in [-0.2, 0) is 48.1 Å². The van der Waals surface area contributed by atoms with Crippen LogP contribution in [0.1, 0.15) is 401 Å². The van der Waals surface area contributed by atoms with Crippen molar-refractivity contribution in [3.05, 3.63) is 0 Å². The molecule has 14 nitrogen and oxygen atoms in total. The van der Waals surface area contributed by atoms with Gasteiger partial charge in [-0.15, -0.1) is 0 Å². The molecule has 0 heterocycles. The van der Waals surface area contributed by atoms with E-state index in [9.17, 15) is 37.2 Å². The molecule has 1 atom stereocenters. The summed E-state index contributed by atoms with van der Waals surface area (Å²) in [6.45, 7) is 98.8. The molecule has 1 unspecified atom stereocenters. The Hall–Kier alpha value is -2.91. The van der Waals surface area contributed by atoms with Crippen LogP contribution < -0.4 is 10.6 Å². The van der Waals surface area contributed by atoms with Gasteiger partial charge in [0.15, 0.2) is 9.84 Å². The molecule has 0 aromatic heterocycles. The fourth-order valence-corrected chi connectivity index (χ4v) is 11.3. The zero-order valence-corrected chi connectivity index (χ0v) is 85.3. The number of hydrogen-bond donors (Lipinski definition) is 2. The lowest BCUT2D eigenvalue weighted by Gasteiger charge is -2.22. The highest BCUT2D eigenvalue weighted by atomic mass is 32.2. The predicted octanol–water partition coefficient (Wildman–Crippen LogP) is 26.4.